The summed E-state index contributed by atoms with van der Waals surface area (Å²) < 4.78 is 19.4. The zero-order chi connectivity index (χ0) is 12.6. The standard InChI is InChI=1S/C8H11FN4O4/c9-4-5(15)3(1-14)17-6(4)13-2-11-7(10)12-8(13)16/h2-6,14-15H,1H2,(H2,10,12,16)/t3-,4+,5-,6+/m1/s1. The summed E-state index contributed by atoms with van der Waals surface area (Å²) >= 11 is 0. The summed E-state index contributed by atoms with van der Waals surface area (Å²) in [7, 11) is 0. The fourth-order valence-electron chi connectivity index (χ4n) is 1.61. The first-order chi connectivity index (χ1) is 8.04. The van der Waals surface area contributed by atoms with Gasteiger partial charge in [-0.25, -0.2) is 14.2 Å². The van der Waals surface area contributed by atoms with Gasteiger partial charge < -0.3 is 20.7 Å². The Hall–Kier alpha value is -1.58. The number of ether oxygens (including phenoxy) is 1. The van der Waals surface area contributed by atoms with E-state index >= 15 is 0 Å². The van der Waals surface area contributed by atoms with Gasteiger partial charge >= 0.3 is 5.69 Å². The molecule has 94 valence electrons. The Morgan fingerprint density at radius 1 is 1.65 bits per heavy atom. The SMILES string of the molecule is Nc1ncn([C@H]2O[C@H](CO)[C@@H](O)[C@@H]2F)c(=O)n1. The Balaban J connectivity index is 2.32. The molecule has 4 N–H and O–H groups in total. The molecule has 17 heavy (non-hydrogen) atoms. The molecular weight excluding hydrogens is 235 g/mol. The van der Waals surface area contributed by atoms with Gasteiger partial charge in [0.05, 0.1) is 6.61 Å². The van der Waals surface area contributed by atoms with Crippen molar-refractivity contribution in [3.8, 4) is 0 Å². The molecule has 1 aliphatic rings. The fourth-order valence-corrected chi connectivity index (χ4v) is 1.61. The molecule has 1 aromatic heterocycles. The summed E-state index contributed by atoms with van der Waals surface area (Å²) in [5.74, 6) is -0.237. The first kappa shape index (κ1) is 11.9. The van der Waals surface area contributed by atoms with Crippen LogP contribution in [0.3, 0.4) is 0 Å². The van der Waals surface area contributed by atoms with Crippen molar-refractivity contribution in [3.05, 3.63) is 16.8 Å². The number of nitrogens with two attached hydrogens (primary N) is 1. The molecule has 1 saturated heterocycles. The zero-order valence-corrected chi connectivity index (χ0v) is 8.60. The summed E-state index contributed by atoms with van der Waals surface area (Å²) in [5.41, 5.74) is 4.35. The maximum atomic E-state index is 13.7. The molecule has 0 aromatic carbocycles. The van der Waals surface area contributed by atoms with Gasteiger partial charge in [0.25, 0.3) is 0 Å². The number of aliphatic hydroxyl groups is 2. The van der Waals surface area contributed by atoms with E-state index < -0.39 is 36.9 Å². The van der Waals surface area contributed by atoms with Gasteiger partial charge in [-0.05, 0) is 0 Å². The Morgan fingerprint density at radius 2 is 2.35 bits per heavy atom. The second kappa shape index (κ2) is 4.35. The van der Waals surface area contributed by atoms with Gasteiger partial charge in [0.1, 0.15) is 18.5 Å². The van der Waals surface area contributed by atoms with E-state index in [-0.39, 0.29) is 5.95 Å². The minimum atomic E-state index is -1.85. The number of nitrogen functional groups attached to an aromatic ring is 1. The van der Waals surface area contributed by atoms with Crippen molar-refractivity contribution >= 4 is 5.95 Å². The number of nitrogens with zero attached hydrogens (tertiary/aromatic N) is 3. The molecule has 0 radical (unpaired) electrons. The molecule has 1 aliphatic heterocycles. The topological polar surface area (TPSA) is 123 Å². The van der Waals surface area contributed by atoms with E-state index in [0.29, 0.717) is 0 Å². The predicted octanol–water partition coefficient (Wildman–Crippen LogP) is -2.19. The van der Waals surface area contributed by atoms with E-state index in [4.69, 9.17) is 15.6 Å². The van der Waals surface area contributed by atoms with Crippen molar-refractivity contribution in [3.63, 3.8) is 0 Å². The van der Waals surface area contributed by atoms with Crippen molar-refractivity contribution in [2.75, 3.05) is 12.3 Å². The second-order valence-electron chi connectivity index (χ2n) is 3.59. The highest BCUT2D eigenvalue weighted by atomic mass is 19.1. The lowest BCUT2D eigenvalue weighted by atomic mass is 10.1. The minimum absolute atomic E-state index is 0.237. The molecule has 0 bridgehead atoms. The van der Waals surface area contributed by atoms with Gasteiger partial charge in [-0.3, -0.25) is 4.57 Å². The third-order valence-corrected chi connectivity index (χ3v) is 2.49. The third-order valence-electron chi connectivity index (χ3n) is 2.49. The lowest BCUT2D eigenvalue weighted by Gasteiger charge is -2.14. The summed E-state index contributed by atoms with van der Waals surface area (Å²) in [4.78, 5) is 18.3. The second-order valence-corrected chi connectivity index (χ2v) is 3.59. The molecule has 1 aromatic rings. The maximum absolute atomic E-state index is 13.7. The highest BCUT2D eigenvalue weighted by Gasteiger charge is 2.45. The van der Waals surface area contributed by atoms with Crippen molar-refractivity contribution in [2.45, 2.75) is 24.6 Å². The van der Waals surface area contributed by atoms with Crippen molar-refractivity contribution in [2.24, 2.45) is 0 Å². The molecule has 0 saturated carbocycles. The lowest BCUT2D eigenvalue weighted by molar-refractivity contribution is -0.0495. The number of rotatable bonds is 2. The van der Waals surface area contributed by atoms with Crippen molar-refractivity contribution in [1.29, 1.82) is 0 Å². The van der Waals surface area contributed by atoms with Gasteiger partial charge in [0, 0.05) is 0 Å². The van der Waals surface area contributed by atoms with Crippen LogP contribution in [0.4, 0.5) is 10.3 Å². The molecule has 2 rings (SSSR count). The number of aliphatic hydroxyl groups excluding tert-OH is 2. The zero-order valence-electron chi connectivity index (χ0n) is 8.60. The number of aromatic nitrogens is 3. The first-order valence-electron chi connectivity index (χ1n) is 4.83. The molecule has 9 heteroatoms. The summed E-state index contributed by atoms with van der Waals surface area (Å²) in [6.07, 6.45) is -4.82. The van der Waals surface area contributed by atoms with Gasteiger partial charge in [-0.2, -0.15) is 4.98 Å². The Kier molecular flexibility index (Phi) is 3.05. The molecule has 1 fully saturated rings. The van der Waals surface area contributed by atoms with Crippen LogP contribution in [0.2, 0.25) is 0 Å². The first-order valence-corrected chi connectivity index (χ1v) is 4.83. The molecule has 0 unspecified atom stereocenters. The molecule has 2 heterocycles. The normalized spacial score (nSPS) is 32.9. The quantitative estimate of drug-likeness (QED) is 0.541. The average molecular weight is 246 g/mol. The minimum Gasteiger partial charge on any atom is -0.394 e. The largest absolute Gasteiger partial charge is 0.394 e. The van der Waals surface area contributed by atoms with E-state index in [2.05, 4.69) is 9.97 Å². The maximum Gasteiger partial charge on any atom is 0.354 e. The van der Waals surface area contributed by atoms with E-state index in [9.17, 15) is 14.3 Å². The highest BCUT2D eigenvalue weighted by Crippen LogP contribution is 2.30. The van der Waals surface area contributed by atoms with Crippen LogP contribution in [-0.2, 0) is 4.74 Å². The fraction of sp³-hybridized carbons (Fsp3) is 0.625. The highest BCUT2D eigenvalue weighted by molar-refractivity contribution is 5.10. The van der Waals surface area contributed by atoms with E-state index in [1.54, 1.807) is 0 Å². The number of hydrogen-bond acceptors (Lipinski definition) is 7. The summed E-state index contributed by atoms with van der Waals surface area (Å²) in [5, 5.41) is 18.2. The van der Waals surface area contributed by atoms with E-state index in [1.807, 2.05) is 0 Å². The Bertz CT molecular complexity index is 467. The number of anilines is 1. The molecule has 4 atom stereocenters. The van der Waals surface area contributed by atoms with Crippen LogP contribution in [0.15, 0.2) is 11.1 Å². The molecule has 8 nitrogen and oxygen atoms in total. The van der Waals surface area contributed by atoms with E-state index in [1.165, 1.54) is 0 Å². The summed E-state index contributed by atoms with van der Waals surface area (Å²) in [6.45, 7) is -0.553. The number of halogens is 1. The van der Waals surface area contributed by atoms with Crippen molar-refractivity contribution < 1.29 is 19.3 Å². The lowest BCUT2D eigenvalue weighted by Crippen LogP contribution is -2.34. The van der Waals surface area contributed by atoms with Crippen LogP contribution in [-0.4, -0.2) is 49.7 Å². The van der Waals surface area contributed by atoms with Crippen LogP contribution in [0.5, 0.6) is 0 Å². The molecule has 0 spiro atoms. The Labute approximate surface area is 94.5 Å². The van der Waals surface area contributed by atoms with Crippen LogP contribution in [0.1, 0.15) is 6.23 Å². The Morgan fingerprint density at radius 3 is 2.88 bits per heavy atom. The number of hydrogen-bond donors (Lipinski definition) is 3. The van der Waals surface area contributed by atoms with Crippen LogP contribution < -0.4 is 11.4 Å². The predicted molar refractivity (Wildman–Crippen MR) is 52.6 cm³/mol. The van der Waals surface area contributed by atoms with Gasteiger partial charge in [-0.1, -0.05) is 0 Å². The average Bonchev–Trinajstić information content (AvgIpc) is 2.57. The smallest absolute Gasteiger partial charge is 0.354 e. The summed E-state index contributed by atoms with van der Waals surface area (Å²) in [6, 6.07) is 0. The van der Waals surface area contributed by atoms with Gasteiger partial charge in [0.2, 0.25) is 5.95 Å². The van der Waals surface area contributed by atoms with Crippen LogP contribution >= 0.6 is 0 Å². The third kappa shape index (κ3) is 1.99. The van der Waals surface area contributed by atoms with E-state index in [0.717, 1.165) is 10.9 Å². The van der Waals surface area contributed by atoms with Crippen molar-refractivity contribution in [1.82, 2.24) is 14.5 Å². The number of alkyl halides is 1. The van der Waals surface area contributed by atoms with Gasteiger partial charge in [0.15, 0.2) is 12.4 Å². The monoisotopic (exact) mass is 246 g/mol. The van der Waals surface area contributed by atoms with Crippen LogP contribution in [0.25, 0.3) is 0 Å². The molecule has 0 amide bonds. The van der Waals surface area contributed by atoms with Crippen LogP contribution in [0, 0.1) is 0 Å². The molecule has 0 aliphatic carbocycles. The van der Waals surface area contributed by atoms with Gasteiger partial charge in [-0.15, -0.1) is 0 Å². The molecular formula is C8H11FN4O4.